The highest BCUT2D eigenvalue weighted by Gasteiger charge is 2.29. The molecule has 20 heavy (non-hydrogen) atoms. The minimum absolute atomic E-state index is 0.0574. The maximum Gasteiger partial charge on any atom is 0.246 e. The number of nitrogens with zero attached hydrogens (tertiary/aromatic N) is 1. The molecule has 0 saturated heterocycles. The summed E-state index contributed by atoms with van der Waals surface area (Å²) in [6.45, 7) is 7.09. The van der Waals surface area contributed by atoms with E-state index in [4.69, 9.17) is 4.74 Å². The van der Waals surface area contributed by atoms with Crippen LogP contribution < -0.4 is 5.32 Å². The molecule has 0 bridgehead atoms. The summed E-state index contributed by atoms with van der Waals surface area (Å²) in [5.74, 6) is -0.0574. The van der Waals surface area contributed by atoms with Crippen LogP contribution in [0.3, 0.4) is 0 Å². The average molecular weight is 276 g/mol. The summed E-state index contributed by atoms with van der Waals surface area (Å²) in [6.07, 6.45) is 1.08. The Hall–Kier alpha value is -1.39. The number of methoxy groups -OCH3 is 1. The van der Waals surface area contributed by atoms with Crippen molar-refractivity contribution in [2.45, 2.75) is 32.4 Å². The number of benzene rings is 1. The van der Waals surface area contributed by atoms with E-state index in [1.807, 2.05) is 0 Å². The van der Waals surface area contributed by atoms with Crippen LogP contribution >= 0.6 is 0 Å². The fourth-order valence-electron chi connectivity index (χ4n) is 2.62. The first kappa shape index (κ1) is 15.0. The number of carbonyl (C=O) groups is 1. The first-order chi connectivity index (χ1) is 9.53. The second-order valence-electron chi connectivity index (χ2n) is 5.96. The molecule has 4 heteroatoms. The van der Waals surface area contributed by atoms with E-state index in [2.05, 4.69) is 48.3 Å². The van der Waals surface area contributed by atoms with Gasteiger partial charge >= 0.3 is 0 Å². The zero-order valence-electron chi connectivity index (χ0n) is 12.6. The summed E-state index contributed by atoms with van der Waals surface area (Å²) in [4.78, 5) is 13.9. The zero-order chi connectivity index (χ0) is 14.6. The third kappa shape index (κ3) is 3.58. The molecule has 0 radical (unpaired) electrons. The Balaban J connectivity index is 1.95. The lowest BCUT2D eigenvalue weighted by atomic mass is 9.94. The number of ether oxygens (including phenoxy) is 1. The van der Waals surface area contributed by atoms with E-state index < -0.39 is 0 Å². The molecule has 110 valence electrons. The molecule has 0 atom stereocenters. The van der Waals surface area contributed by atoms with Crippen LogP contribution in [0.5, 0.6) is 0 Å². The van der Waals surface area contributed by atoms with Crippen molar-refractivity contribution in [1.29, 1.82) is 0 Å². The molecule has 0 aromatic heterocycles. The number of nitrogens with one attached hydrogen (secondary N) is 1. The summed E-state index contributed by atoms with van der Waals surface area (Å²) < 4.78 is 4.84. The van der Waals surface area contributed by atoms with Gasteiger partial charge in [-0.2, -0.15) is 0 Å². The molecule has 1 aliphatic heterocycles. The van der Waals surface area contributed by atoms with Gasteiger partial charge in [0, 0.05) is 32.3 Å². The number of carbonyl (C=O) groups excluding carboxylic acids is 1. The summed E-state index contributed by atoms with van der Waals surface area (Å²) in [5, 5.41) is 2.94. The Morgan fingerprint density at radius 3 is 2.75 bits per heavy atom. The largest absolute Gasteiger partial charge is 0.375 e. The third-order valence-corrected chi connectivity index (χ3v) is 3.98. The molecule has 0 aliphatic carbocycles. The van der Waals surface area contributed by atoms with E-state index in [0.29, 0.717) is 6.54 Å². The van der Waals surface area contributed by atoms with Crippen molar-refractivity contribution in [3.8, 4) is 0 Å². The Bertz CT molecular complexity index is 471. The number of rotatable bonds is 5. The topological polar surface area (TPSA) is 41.6 Å². The van der Waals surface area contributed by atoms with Crippen molar-refractivity contribution in [3.05, 3.63) is 35.4 Å². The molecule has 4 nitrogen and oxygen atoms in total. The lowest BCUT2D eigenvalue weighted by Crippen LogP contribution is -2.53. The molecule has 0 spiro atoms. The van der Waals surface area contributed by atoms with Crippen LogP contribution in [0.15, 0.2) is 24.3 Å². The van der Waals surface area contributed by atoms with Crippen LogP contribution in [0, 0.1) is 0 Å². The number of hydrogen-bond acceptors (Lipinski definition) is 3. The maximum atomic E-state index is 11.5. The van der Waals surface area contributed by atoms with Gasteiger partial charge in [-0.1, -0.05) is 24.3 Å². The fraction of sp³-hybridized carbons (Fsp3) is 0.562. The van der Waals surface area contributed by atoms with Crippen LogP contribution in [0.25, 0.3) is 0 Å². The molecule has 0 fully saturated rings. The van der Waals surface area contributed by atoms with Crippen LogP contribution in [0.2, 0.25) is 0 Å². The van der Waals surface area contributed by atoms with Gasteiger partial charge in [-0.25, -0.2) is 0 Å². The highest BCUT2D eigenvalue weighted by molar-refractivity contribution is 5.77. The van der Waals surface area contributed by atoms with Gasteiger partial charge in [-0.3, -0.25) is 9.69 Å². The van der Waals surface area contributed by atoms with Gasteiger partial charge in [0.15, 0.2) is 0 Å². The predicted molar refractivity (Wildman–Crippen MR) is 79.5 cm³/mol. The molecule has 1 heterocycles. The van der Waals surface area contributed by atoms with Crippen molar-refractivity contribution >= 4 is 5.91 Å². The monoisotopic (exact) mass is 276 g/mol. The van der Waals surface area contributed by atoms with Crippen molar-refractivity contribution in [2.75, 3.05) is 26.8 Å². The molecular formula is C16H24N2O2. The lowest BCUT2D eigenvalue weighted by molar-refractivity contribution is -0.125. The first-order valence-electron chi connectivity index (χ1n) is 7.10. The van der Waals surface area contributed by atoms with E-state index >= 15 is 0 Å². The van der Waals surface area contributed by atoms with Crippen molar-refractivity contribution in [1.82, 2.24) is 10.2 Å². The lowest BCUT2D eigenvalue weighted by Gasteiger charge is -2.41. The fourth-order valence-corrected chi connectivity index (χ4v) is 2.62. The van der Waals surface area contributed by atoms with Gasteiger partial charge in [-0.15, -0.1) is 0 Å². The molecule has 1 amide bonds. The van der Waals surface area contributed by atoms with Gasteiger partial charge in [0.2, 0.25) is 5.91 Å². The van der Waals surface area contributed by atoms with Crippen molar-refractivity contribution in [2.24, 2.45) is 0 Å². The molecular weight excluding hydrogens is 252 g/mol. The van der Waals surface area contributed by atoms with E-state index in [1.54, 1.807) is 0 Å². The molecule has 1 N–H and O–H groups in total. The van der Waals surface area contributed by atoms with E-state index in [-0.39, 0.29) is 18.1 Å². The average Bonchev–Trinajstić information content (AvgIpc) is 2.45. The molecule has 2 rings (SSSR count). The predicted octanol–water partition coefficient (Wildman–Crippen LogP) is 1.59. The summed E-state index contributed by atoms with van der Waals surface area (Å²) in [7, 11) is 1.53. The first-order valence-corrected chi connectivity index (χ1v) is 7.10. The minimum atomic E-state index is -0.0586. The van der Waals surface area contributed by atoms with Gasteiger partial charge in [0.1, 0.15) is 6.61 Å². The Labute approximate surface area is 121 Å². The summed E-state index contributed by atoms with van der Waals surface area (Å²) >= 11 is 0. The van der Waals surface area contributed by atoms with E-state index in [1.165, 1.54) is 18.2 Å². The Morgan fingerprint density at radius 2 is 2.05 bits per heavy atom. The van der Waals surface area contributed by atoms with Crippen LogP contribution in [0.4, 0.5) is 0 Å². The maximum absolute atomic E-state index is 11.5. The van der Waals surface area contributed by atoms with Gasteiger partial charge in [0.25, 0.3) is 0 Å². The smallest absolute Gasteiger partial charge is 0.246 e. The van der Waals surface area contributed by atoms with E-state index in [0.717, 1.165) is 19.5 Å². The molecule has 0 saturated carbocycles. The zero-order valence-corrected chi connectivity index (χ0v) is 12.6. The highest BCUT2D eigenvalue weighted by atomic mass is 16.5. The molecule has 1 aromatic carbocycles. The molecule has 1 aromatic rings. The highest BCUT2D eigenvalue weighted by Crippen LogP contribution is 2.24. The Kier molecular flexibility index (Phi) is 4.78. The van der Waals surface area contributed by atoms with Crippen LogP contribution in [0.1, 0.15) is 25.0 Å². The second-order valence-corrected chi connectivity index (χ2v) is 5.96. The second kappa shape index (κ2) is 6.37. The Morgan fingerprint density at radius 1 is 1.35 bits per heavy atom. The number of fused-ring (bicyclic) bond motifs is 1. The molecule has 0 unspecified atom stereocenters. The van der Waals surface area contributed by atoms with Crippen LogP contribution in [-0.4, -0.2) is 43.2 Å². The standard InChI is InChI=1S/C16H24N2O2/c1-16(2,12-17-15(19)11-20-3)18-9-8-13-6-4-5-7-14(13)10-18/h4-7H,8-12H2,1-3H3,(H,17,19). The minimum Gasteiger partial charge on any atom is -0.375 e. The van der Waals surface area contributed by atoms with Crippen molar-refractivity contribution in [3.63, 3.8) is 0 Å². The van der Waals surface area contributed by atoms with Gasteiger partial charge in [0.05, 0.1) is 0 Å². The normalized spacial score (nSPS) is 15.8. The van der Waals surface area contributed by atoms with Crippen molar-refractivity contribution < 1.29 is 9.53 Å². The van der Waals surface area contributed by atoms with Crippen LogP contribution in [-0.2, 0) is 22.5 Å². The number of amides is 1. The summed E-state index contributed by atoms with van der Waals surface area (Å²) in [5.41, 5.74) is 2.79. The van der Waals surface area contributed by atoms with Gasteiger partial charge < -0.3 is 10.1 Å². The quantitative estimate of drug-likeness (QED) is 0.888. The SMILES string of the molecule is COCC(=O)NCC(C)(C)N1CCc2ccccc2C1. The number of hydrogen-bond donors (Lipinski definition) is 1. The third-order valence-electron chi connectivity index (χ3n) is 3.98. The van der Waals surface area contributed by atoms with Gasteiger partial charge in [-0.05, 0) is 31.4 Å². The van der Waals surface area contributed by atoms with E-state index in [9.17, 15) is 4.79 Å². The summed E-state index contributed by atoms with van der Waals surface area (Å²) in [6, 6.07) is 8.60. The molecule has 1 aliphatic rings.